The summed E-state index contributed by atoms with van der Waals surface area (Å²) < 4.78 is 12.8. The van der Waals surface area contributed by atoms with E-state index in [-0.39, 0.29) is 30.2 Å². The van der Waals surface area contributed by atoms with Gasteiger partial charge >= 0.3 is 0 Å². The van der Waals surface area contributed by atoms with E-state index in [9.17, 15) is 9.18 Å². The van der Waals surface area contributed by atoms with Crippen LogP contribution < -0.4 is 11.1 Å². The van der Waals surface area contributed by atoms with Gasteiger partial charge in [-0.3, -0.25) is 4.79 Å². The first-order valence-corrected chi connectivity index (χ1v) is 5.85. The molecule has 3 nitrogen and oxygen atoms in total. The van der Waals surface area contributed by atoms with Crippen molar-refractivity contribution in [3.05, 3.63) is 35.6 Å². The zero-order valence-corrected chi connectivity index (χ0v) is 11.1. The highest BCUT2D eigenvalue weighted by Crippen LogP contribution is 2.48. The van der Waals surface area contributed by atoms with Gasteiger partial charge in [0.05, 0.1) is 5.41 Å². The minimum atomic E-state index is -0.447. The van der Waals surface area contributed by atoms with Gasteiger partial charge in [-0.15, -0.1) is 12.4 Å². The van der Waals surface area contributed by atoms with E-state index < -0.39 is 5.41 Å². The second kappa shape index (κ2) is 5.67. The van der Waals surface area contributed by atoms with Gasteiger partial charge < -0.3 is 11.1 Å². The molecule has 1 fully saturated rings. The minimum absolute atomic E-state index is 0. The molecule has 2 rings (SSSR count). The number of nitrogens with one attached hydrogen (secondary N) is 1. The monoisotopic (exact) mass is 272 g/mol. The van der Waals surface area contributed by atoms with Crippen molar-refractivity contribution < 1.29 is 9.18 Å². The lowest BCUT2D eigenvalue weighted by Gasteiger charge is -2.19. The van der Waals surface area contributed by atoms with E-state index in [2.05, 4.69) is 5.32 Å². The zero-order chi connectivity index (χ0) is 12.5. The van der Waals surface area contributed by atoms with Crippen LogP contribution in [0.25, 0.3) is 0 Å². The average molecular weight is 273 g/mol. The molecule has 1 aromatic rings. The number of benzene rings is 1. The molecule has 1 aliphatic carbocycles. The van der Waals surface area contributed by atoms with E-state index in [0.717, 1.165) is 18.4 Å². The standard InChI is InChI=1S/C13H17FN2O.ClH/c1-9(8-15)16-12(17)13(6-7-13)10-2-4-11(14)5-3-10;/h2-5,9H,6-8,15H2,1H3,(H,16,17);1H/t9-;/m0./s1. The van der Waals surface area contributed by atoms with Crippen molar-refractivity contribution in [2.45, 2.75) is 31.2 Å². The third-order valence-corrected chi connectivity index (χ3v) is 3.31. The molecular formula is C13H18ClFN2O. The quantitative estimate of drug-likeness (QED) is 0.877. The van der Waals surface area contributed by atoms with Crippen LogP contribution in [0.4, 0.5) is 4.39 Å². The molecule has 0 aromatic heterocycles. The number of nitrogens with two attached hydrogens (primary N) is 1. The Hall–Kier alpha value is -1.13. The Morgan fingerprint density at radius 1 is 1.44 bits per heavy atom. The summed E-state index contributed by atoms with van der Waals surface area (Å²) in [6.45, 7) is 2.30. The van der Waals surface area contributed by atoms with Crippen LogP contribution in [0.15, 0.2) is 24.3 Å². The van der Waals surface area contributed by atoms with Crippen molar-refractivity contribution in [1.82, 2.24) is 5.32 Å². The van der Waals surface area contributed by atoms with E-state index in [0.29, 0.717) is 6.54 Å². The van der Waals surface area contributed by atoms with Gasteiger partial charge in [0, 0.05) is 12.6 Å². The summed E-state index contributed by atoms with van der Waals surface area (Å²) >= 11 is 0. The van der Waals surface area contributed by atoms with Gasteiger partial charge in [0.15, 0.2) is 0 Å². The summed E-state index contributed by atoms with van der Waals surface area (Å²) in [5.74, 6) is -0.276. The van der Waals surface area contributed by atoms with Crippen LogP contribution in [0.3, 0.4) is 0 Å². The zero-order valence-electron chi connectivity index (χ0n) is 10.3. The molecule has 1 atom stereocenters. The summed E-state index contributed by atoms with van der Waals surface area (Å²) in [6.07, 6.45) is 1.64. The van der Waals surface area contributed by atoms with Crippen LogP contribution in [0.2, 0.25) is 0 Å². The molecule has 0 radical (unpaired) electrons. The largest absolute Gasteiger partial charge is 0.352 e. The molecule has 1 aromatic carbocycles. The smallest absolute Gasteiger partial charge is 0.230 e. The maximum atomic E-state index is 12.8. The van der Waals surface area contributed by atoms with Crippen LogP contribution in [-0.2, 0) is 10.2 Å². The van der Waals surface area contributed by atoms with E-state index >= 15 is 0 Å². The van der Waals surface area contributed by atoms with Gasteiger partial charge in [0.1, 0.15) is 5.82 Å². The second-order valence-corrected chi connectivity index (χ2v) is 4.70. The van der Waals surface area contributed by atoms with Crippen molar-refractivity contribution in [1.29, 1.82) is 0 Å². The van der Waals surface area contributed by atoms with E-state index in [1.807, 2.05) is 6.92 Å². The molecular weight excluding hydrogens is 255 g/mol. The lowest BCUT2D eigenvalue weighted by Crippen LogP contribution is -2.43. The fraction of sp³-hybridized carbons (Fsp3) is 0.462. The van der Waals surface area contributed by atoms with E-state index in [1.54, 1.807) is 12.1 Å². The Morgan fingerprint density at radius 2 is 2.00 bits per heavy atom. The number of carbonyl (C=O) groups excluding carboxylic acids is 1. The van der Waals surface area contributed by atoms with Gasteiger partial charge in [0.25, 0.3) is 0 Å². The lowest BCUT2D eigenvalue weighted by molar-refractivity contribution is -0.124. The molecule has 0 bridgehead atoms. The normalized spacial score (nSPS) is 17.5. The molecule has 1 aliphatic rings. The van der Waals surface area contributed by atoms with Gasteiger partial charge in [-0.2, -0.15) is 0 Å². The number of rotatable bonds is 4. The van der Waals surface area contributed by atoms with Crippen molar-refractivity contribution in [3.63, 3.8) is 0 Å². The number of carbonyl (C=O) groups is 1. The summed E-state index contributed by atoms with van der Waals surface area (Å²) in [6, 6.07) is 6.15. The van der Waals surface area contributed by atoms with Crippen molar-refractivity contribution in [2.24, 2.45) is 5.73 Å². The second-order valence-electron chi connectivity index (χ2n) is 4.70. The first kappa shape index (κ1) is 14.9. The summed E-state index contributed by atoms with van der Waals surface area (Å²) in [7, 11) is 0. The lowest BCUT2D eigenvalue weighted by atomic mass is 9.94. The Labute approximate surface area is 112 Å². The molecule has 3 N–H and O–H groups in total. The fourth-order valence-corrected chi connectivity index (χ4v) is 1.96. The predicted molar refractivity (Wildman–Crippen MR) is 71.2 cm³/mol. The Bertz CT molecular complexity index is 418. The third kappa shape index (κ3) is 2.82. The minimum Gasteiger partial charge on any atom is -0.352 e. The molecule has 0 saturated heterocycles. The fourth-order valence-electron chi connectivity index (χ4n) is 1.96. The van der Waals surface area contributed by atoms with Crippen LogP contribution in [0.1, 0.15) is 25.3 Å². The first-order valence-electron chi connectivity index (χ1n) is 5.85. The molecule has 100 valence electrons. The molecule has 0 unspecified atom stereocenters. The summed E-state index contributed by atoms with van der Waals surface area (Å²) in [5.41, 5.74) is 5.92. The maximum Gasteiger partial charge on any atom is 0.230 e. The number of halogens is 2. The van der Waals surface area contributed by atoms with Crippen molar-refractivity contribution in [3.8, 4) is 0 Å². The highest BCUT2D eigenvalue weighted by atomic mass is 35.5. The van der Waals surface area contributed by atoms with Gasteiger partial charge in [0.2, 0.25) is 5.91 Å². The number of hydrogen-bond donors (Lipinski definition) is 2. The van der Waals surface area contributed by atoms with Crippen LogP contribution >= 0.6 is 12.4 Å². The molecule has 5 heteroatoms. The van der Waals surface area contributed by atoms with Gasteiger partial charge in [-0.05, 0) is 37.5 Å². The van der Waals surface area contributed by atoms with Crippen LogP contribution in [0, 0.1) is 5.82 Å². The number of hydrogen-bond acceptors (Lipinski definition) is 2. The van der Waals surface area contributed by atoms with Gasteiger partial charge in [-0.25, -0.2) is 4.39 Å². The molecule has 0 spiro atoms. The van der Waals surface area contributed by atoms with Crippen LogP contribution in [-0.4, -0.2) is 18.5 Å². The van der Waals surface area contributed by atoms with Crippen molar-refractivity contribution in [2.75, 3.05) is 6.54 Å². The SMILES string of the molecule is C[C@@H](CN)NC(=O)C1(c2ccc(F)cc2)CC1.Cl. The molecule has 18 heavy (non-hydrogen) atoms. The Morgan fingerprint density at radius 3 is 2.44 bits per heavy atom. The van der Waals surface area contributed by atoms with E-state index in [1.165, 1.54) is 12.1 Å². The average Bonchev–Trinajstić information content (AvgIpc) is 3.11. The maximum absolute atomic E-state index is 12.8. The molecule has 0 aliphatic heterocycles. The Kier molecular flexibility index (Phi) is 4.71. The molecule has 1 amide bonds. The number of amides is 1. The van der Waals surface area contributed by atoms with Crippen LogP contribution in [0.5, 0.6) is 0 Å². The summed E-state index contributed by atoms with van der Waals surface area (Å²) in [5, 5.41) is 2.89. The van der Waals surface area contributed by atoms with E-state index in [4.69, 9.17) is 5.73 Å². The third-order valence-electron chi connectivity index (χ3n) is 3.31. The molecule has 1 saturated carbocycles. The highest BCUT2D eigenvalue weighted by Gasteiger charge is 2.51. The van der Waals surface area contributed by atoms with Crippen molar-refractivity contribution >= 4 is 18.3 Å². The Balaban J connectivity index is 0.00000162. The predicted octanol–water partition coefficient (Wildman–Crippen LogP) is 1.74. The highest BCUT2D eigenvalue weighted by molar-refractivity contribution is 5.91. The summed E-state index contributed by atoms with van der Waals surface area (Å²) in [4.78, 5) is 12.1. The first-order chi connectivity index (χ1) is 8.08. The van der Waals surface area contributed by atoms with Gasteiger partial charge in [-0.1, -0.05) is 12.1 Å². The topological polar surface area (TPSA) is 55.1 Å². The molecule has 0 heterocycles.